The molecule has 0 saturated carbocycles. The molecule has 4 heteroatoms. The average molecular weight is 278 g/mol. The number of rotatable bonds is 0. The third-order valence-electron chi connectivity index (χ3n) is 3.08. The van der Waals surface area contributed by atoms with E-state index in [1.54, 1.807) is 0 Å². The first-order valence-corrected chi connectivity index (χ1v) is 7.40. The fraction of sp³-hybridized carbons (Fsp3) is 0.250. The SMILES string of the molecule is C1COCCO1.[Li+].c1ccc2c(c1)[p-]c1ccccc12. The molecule has 0 radical (unpaired) electrons. The zero-order valence-electron chi connectivity index (χ0n) is 11.7. The Morgan fingerprint density at radius 1 is 0.650 bits per heavy atom. The van der Waals surface area contributed by atoms with Gasteiger partial charge in [-0.05, 0) is 10.8 Å². The van der Waals surface area contributed by atoms with E-state index in [9.17, 15) is 0 Å². The molecule has 1 fully saturated rings. The molecule has 2 nitrogen and oxygen atoms in total. The van der Waals surface area contributed by atoms with Crippen molar-refractivity contribution >= 4 is 29.2 Å². The molecular formula is C16H16LiO2P. The van der Waals surface area contributed by atoms with Crippen molar-refractivity contribution in [3.05, 3.63) is 48.5 Å². The Kier molecular flexibility index (Phi) is 6.17. The molecule has 1 aromatic heterocycles. The fourth-order valence-electron chi connectivity index (χ4n) is 2.17. The van der Waals surface area contributed by atoms with E-state index in [4.69, 9.17) is 9.47 Å². The van der Waals surface area contributed by atoms with Crippen LogP contribution in [0.3, 0.4) is 0 Å². The topological polar surface area (TPSA) is 18.5 Å². The van der Waals surface area contributed by atoms with Crippen molar-refractivity contribution in [1.82, 2.24) is 0 Å². The summed E-state index contributed by atoms with van der Waals surface area (Å²) in [6, 6.07) is 17.2. The van der Waals surface area contributed by atoms with Crippen LogP contribution in [-0.4, -0.2) is 26.4 Å². The summed E-state index contributed by atoms with van der Waals surface area (Å²) in [6.45, 7) is 3.11. The van der Waals surface area contributed by atoms with Crippen LogP contribution >= 0.6 is 8.19 Å². The Morgan fingerprint density at radius 3 is 1.45 bits per heavy atom. The van der Waals surface area contributed by atoms with Crippen molar-refractivity contribution < 1.29 is 28.3 Å². The van der Waals surface area contributed by atoms with Gasteiger partial charge in [-0.1, -0.05) is 48.5 Å². The van der Waals surface area contributed by atoms with Crippen LogP contribution in [0.1, 0.15) is 0 Å². The van der Waals surface area contributed by atoms with Crippen LogP contribution in [0.4, 0.5) is 0 Å². The van der Waals surface area contributed by atoms with Crippen molar-refractivity contribution in [1.29, 1.82) is 0 Å². The van der Waals surface area contributed by atoms with Crippen LogP contribution in [0.15, 0.2) is 48.5 Å². The van der Waals surface area contributed by atoms with Gasteiger partial charge in [0.1, 0.15) is 0 Å². The molecule has 1 aliphatic rings. The molecular weight excluding hydrogens is 262 g/mol. The molecule has 0 atom stereocenters. The van der Waals surface area contributed by atoms with Crippen LogP contribution in [0.2, 0.25) is 0 Å². The summed E-state index contributed by atoms with van der Waals surface area (Å²) in [5.41, 5.74) is 0. The Hall–Kier alpha value is -0.743. The second kappa shape index (κ2) is 7.89. The van der Waals surface area contributed by atoms with Gasteiger partial charge in [0.25, 0.3) is 0 Å². The molecule has 98 valence electrons. The van der Waals surface area contributed by atoms with E-state index in [1.165, 1.54) is 29.2 Å². The third-order valence-corrected chi connectivity index (χ3v) is 4.34. The molecule has 0 N–H and O–H groups in total. The fourth-order valence-corrected chi connectivity index (χ4v) is 3.38. The van der Waals surface area contributed by atoms with Crippen molar-refractivity contribution in [2.24, 2.45) is 0 Å². The summed E-state index contributed by atoms with van der Waals surface area (Å²) in [4.78, 5) is 0. The first-order chi connectivity index (χ1) is 9.45. The molecule has 0 amide bonds. The predicted molar refractivity (Wildman–Crippen MR) is 81.2 cm³/mol. The number of hydrogen-bond donors (Lipinski definition) is 0. The minimum atomic E-state index is 0. The second-order valence-electron chi connectivity index (χ2n) is 4.37. The van der Waals surface area contributed by atoms with Gasteiger partial charge in [0.15, 0.2) is 0 Å². The van der Waals surface area contributed by atoms with E-state index in [0.29, 0.717) is 0 Å². The normalized spacial score (nSPS) is 14.4. The van der Waals surface area contributed by atoms with E-state index in [-0.39, 0.29) is 18.9 Å². The second-order valence-corrected chi connectivity index (χ2v) is 5.56. The molecule has 3 aromatic rings. The first kappa shape index (κ1) is 15.6. The maximum atomic E-state index is 4.94. The van der Waals surface area contributed by atoms with Gasteiger partial charge in [-0.15, -0.1) is 0 Å². The summed E-state index contributed by atoms with van der Waals surface area (Å²) in [5, 5.41) is 5.67. The minimum Gasteiger partial charge on any atom is -0.514 e. The third kappa shape index (κ3) is 3.67. The van der Waals surface area contributed by atoms with E-state index >= 15 is 0 Å². The van der Waals surface area contributed by atoms with E-state index < -0.39 is 0 Å². The Morgan fingerprint density at radius 2 is 1.05 bits per heavy atom. The molecule has 0 aliphatic carbocycles. The van der Waals surface area contributed by atoms with Crippen LogP contribution in [0.25, 0.3) is 21.0 Å². The average Bonchev–Trinajstić information content (AvgIpc) is 2.88. The number of benzene rings is 2. The van der Waals surface area contributed by atoms with E-state index in [0.717, 1.165) is 26.4 Å². The molecule has 0 spiro atoms. The molecule has 2 heterocycles. The van der Waals surface area contributed by atoms with Gasteiger partial charge in [0.05, 0.1) is 26.4 Å². The molecule has 4 rings (SSSR count). The van der Waals surface area contributed by atoms with Gasteiger partial charge in [-0.3, -0.25) is 0 Å². The van der Waals surface area contributed by atoms with Gasteiger partial charge < -0.3 is 17.7 Å². The molecule has 1 aliphatic heterocycles. The van der Waals surface area contributed by atoms with Crippen molar-refractivity contribution in [2.45, 2.75) is 0 Å². The van der Waals surface area contributed by atoms with Crippen LogP contribution in [-0.2, 0) is 9.47 Å². The molecule has 20 heavy (non-hydrogen) atoms. The maximum absolute atomic E-state index is 4.94. The van der Waals surface area contributed by atoms with E-state index in [2.05, 4.69) is 48.5 Å². The molecule has 0 bridgehead atoms. The number of hydrogen-bond acceptors (Lipinski definition) is 2. The van der Waals surface area contributed by atoms with Crippen molar-refractivity contribution in [3.63, 3.8) is 0 Å². The summed E-state index contributed by atoms with van der Waals surface area (Å²) in [5.74, 6) is 0. The van der Waals surface area contributed by atoms with Crippen LogP contribution in [0.5, 0.6) is 0 Å². The smallest absolute Gasteiger partial charge is 0.514 e. The molecule has 2 aromatic carbocycles. The Bertz CT molecular complexity index is 600. The zero-order chi connectivity index (χ0) is 12.9. The van der Waals surface area contributed by atoms with Gasteiger partial charge in [0.2, 0.25) is 0 Å². The number of fused-ring (bicyclic) bond motifs is 3. The Balaban J connectivity index is 0.000000180. The van der Waals surface area contributed by atoms with Gasteiger partial charge in [0, 0.05) is 0 Å². The van der Waals surface area contributed by atoms with Crippen molar-refractivity contribution in [3.8, 4) is 0 Å². The Labute approximate surface area is 132 Å². The first-order valence-electron chi connectivity index (χ1n) is 6.51. The maximum Gasteiger partial charge on any atom is 1.00 e. The molecule has 0 unspecified atom stereocenters. The predicted octanol–water partition coefficient (Wildman–Crippen LogP) is 1.33. The van der Waals surface area contributed by atoms with Gasteiger partial charge in [-0.25, -0.2) is 0 Å². The standard InChI is InChI=1S/C12H8P.C4H8O2.Li/c1-3-7-11-9(5-1)10-6-2-4-8-12(10)13-11;1-2-6-4-3-5-1;/h1-8H;1-4H2;/q-1;;+1. The van der Waals surface area contributed by atoms with Crippen LogP contribution < -0.4 is 18.9 Å². The van der Waals surface area contributed by atoms with Crippen molar-refractivity contribution in [2.75, 3.05) is 26.4 Å². The summed E-state index contributed by atoms with van der Waals surface area (Å²) in [7, 11) is 1.36. The summed E-state index contributed by atoms with van der Waals surface area (Å²) in [6.07, 6.45) is 0. The monoisotopic (exact) mass is 278 g/mol. The summed E-state index contributed by atoms with van der Waals surface area (Å²) >= 11 is 0. The van der Waals surface area contributed by atoms with Crippen LogP contribution in [0, 0.1) is 0 Å². The summed E-state index contributed by atoms with van der Waals surface area (Å²) < 4.78 is 9.89. The van der Waals surface area contributed by atoms with E-state index in [1.807, 2.05) is 0 Å². The quantitative estimate of drug-likeness (QED) is 0.578. The van der Waals surface area contributed by atoms with Gasteiger partial charge in [-0.2, -0.15) is 10.2 Å². The molecule has 1 saturated heterocycles. The minimum absolute atomic E-state index is 0. The van der Waals surface area contributed by atoms with Gasteiger partial charge >= 0.3 is 18.9 Å². The largest absolute Gasteiger partial charge is 1.00 e. The zero-order valence-corrected chi connectivity index (χ0v) is 12.6. The number of ether oxygens (including phenoxy) is 2.